The van der Waals surface area contributed by atoms with Crippen molar-refractivity contribution in [2.24, 2.45) is 5.92 Å². The van der Waals surface area contributed by atoms with Gasteiger partial charge in [-0.25, -0.2) is 0 Å². The first-order chi connectivity index (χ1) is 6.25. The molecule has 0 unspecified atom stereocenters. The van der Waals surface area contributed by atoms with Gasteiger partial charge in [0.2, 0.25) is 0 Å². The van der Waals surface area contributed by atoms with Gasteiger partial charge in [-0.1, -0.05) is 13.0 Å². The molecule has 1 heterocycles. The minimum Gasteiger partial charge on any atom is -0.508 e. The van der Waals surface area contributed by atoms with Crippen molar-refractivity contribution in [1.82, 2.24) is 0 Å². The van der Waals surface area contributed by atoms with E-state index < -0.39 is 0 Å². The minimum absolute atomic E-state index is 0.348. The van der Waals surface area contributed by atoms with E-state index in [-0.39, 0.29) is 0 Å². The molecule has 0 spiro atoms. The van der Waals surface area contributed by atoms with E-state index in [1.54, 1.807) is 6.07 Å². The molecule has 0 bridgehead atoms. The summed E-state index contributed by atoms with van der Waals surface area (Å²) in [6, 6.07) is 5.58. The van der Waals surface area contributed by atoms with Gasteiger partial charge in [-0.15, -0.1) is 0 Å². The van der Waals surface area contributed by atoms with Crippen LogP contribution in [0.2, 0.25) is 0 Å². The second-order valence-electron chi connectivity index (χ2n) is 3.87. The number of phenolic OH excluding ortho intramolecular Hbond substituents is 1. The summed E-state index contributed by atoms with van der Waals surface area (Å²) in [5.41, 5.74) is 2.42. The second kappa shape index (κ2) is 3.29. The molecule has 70 valence electrons. The van der Waals surface area contributed by atoms with Crippen molar-refractivity contribution in [3.05, 3.63) is 23.8 Å². The fourth-order valence-corrected chi connectivity index (χ4v) is 1.74. The highest BCUT2D eigenvalue weighted by Crippen LogP contribution is 2.26. The highest BCUT2D eigenvalue weighted by molar-refractivity contribution is 5.55. The van der Waals surface area contributed by atoms with Gasteiger partial charge in [0.25, 0.3) is 0 Å². The number of nitrogens with one attached hydrogen (secondary N) is 1. The lowest BCUT2D eigenvalue weighted by Gasteiger charge is -2.08. The first-order valence-corrected chi connectivity index (χ1v) is 4.81. The molecule has 0 amide bonds. The Balaban J connectivity index is 2.30. The van der Waals surface area contributed by atoms with Crippen molar-refractivity contribution in [2.75, 3.05) is 11.9 Å². The van der Waals surface area contributed by atoms with Gasteiger partial charge in [0.1, 0.15) is 5.75 Å². The molecule has 0 aliphatic carbocycles. The van der Waals surface area contributed by atoms with E-state index in [9.17, 15) is 5.11 Å². The van der Waals surface area contributed by atoms with Crippen LogP contribution in [0.4, 0.5) is 5.69 Å². The topological polar surface area (TPSA) is 32.3 Å². The van der Waals surface area contributed by atoms with Gasteiger partial charge in [0, 0.05) is 18.3 Å². The van der Waals surface area contributed by atoms with Gasteiger partial charge >= 0.3 is 0 Å². The molecule has 2 nitrogen and oxygen atoms in total. The molecule has 1 atom stereocenters. The maximum absolute atomic E-state index is 9.31. The van der Waals surface area contributed by atoms with E-state index in [1.807, 2.05) is 12.1 Å². The SMILES string of the molecule is C[C@H]1CCc2ccc(O)cc2NC1. The largest absolute Gasteiger partial charge is 0.508 e. The summed E-state index contributed by atoms with van der Waals surface area (Å²) in [6.07, 6.45) is 2.34. The molecule has 0 aromatic heterocycles. The van der Waals surface area contributed by atoms with Crippen LogP contribution in [0.25, 0.3) is 0 Å². The van der Waals surface area contributed by atoms with Crippen LogP contribution in [0, 0.1) is 5.92 Å². The molecule has 13 heavy (non-hydrogen) atoms. The van der Waals surface area contributed by atoms with Gasteiger partial charge < -0.3 is 10.4 Å². The standard InChI is InChI=1S/C11H15NO/c1-8-2-3-9-4-5-10(13)6-11(9)12-7-8/h4-6,8,12-13H,2-3,7H2,1H3/t8-/m0/s1. The van der Waals surface area contributed by atoms with E-state index in [2.05, 4.69) is 12.2 Å². The molecule has 1 aromatic carbocycles. The van der Waals surface area contributed by atoms with Crippen molar-refractivity contribution in [1.29, 1.82) is 0 Å². The molecule has 0 radical (unpaired) electrons. The van der Waals surface area contributed by atoms with Gasteiger partial charge in [0.05, 0.1) is 0 Å². The van der Waals surface area contributed by atoms with Crippen molar-refractivity contribution >= 4 is 5.69 Å². The lowest BCUT2D eigenvalue weighted by atomic mass is 10.0. The molecule has 2 rings (SSSR count). The van der Waals surface area contributed by atoms with Gasteiger partial charge in [-0.3, -0.25) is 0 Å². The molecule has 2 N–H and O–H groups in total. The quantitative estimate of drug-likeness (QED) is 0.637. The summed E-state index contributed by atoms with van der Waals surface area (Å²) in [7, 11) is 0. The molecule has 1 aliphatic heterocycles. The molecular weight excluding hydrogens is 162 g/mol. The van der Waals surface area contributed by atoms with E-state index in [0.29, 0.717) is 5.75 Å². The highest BCUT2D eigenvalue weighted by Gasteiger charge is 2.11. The number of phenols is 1. The lowest BCUT2D eigenvalue weighted by molar-refractivity contribution is 0.475. The fourth-order valence-electron chi connectivity index (χ4n) is 1.74. The fraction of sp³-hybridized carbons (Fsp3) is 0.455. The summed E-state index contributed by atoms with van der Waals surface area (Å²) in [5.74, 6) is 1.07. The van der Waals surface area contributed by atoms with Crippen LogP contribution < -0.4 is 5.32 Å². The Labute approximate surface area is 78.6 Å². The number of benzene rings is 1. The smallest absolute Gasteiger partial charge is 0.117 e. The van der Waals surface area contributed by atoms with Crippen LogP contribution in [0.3, 0.4) is 0 Å². The Morgan fingerprint density at radius 3 is 3.15 bits per heavy atom. The summed E-state index contributed by atoms with van der Waals surface area (Å²) in [6.45, 7) is 3.26. The number of aromatic hydroxyl groups is 1. The first-order valence-electron chi connectivity index (χ1n) is 4.81. The monoisotopic (exact) mass is 177 g/mol. The summed E-state index contributed by atoms with van der Waals surface area (Å²) < 4.78 is 0. The zero-order valence-corrected chi connectivity index (χ0v) is 7.88. The Bertz CT molecular complexity index is 309. The minimum atomic E-state index is 0.348. The highest BCUT2D eigenvalue weighted by atomic mass is 16.3. The summed E-state index contributed by atoms with van der Waals surface area (Å²) in [4.78, 5) is 0. The zero-order valence-electron chi connectivity index (χ0n) is 7.88. The van der Waals surface area contributed by atoms with Crippen molar-refractivity contribution in [2.45, 2.75) is 19.8 Å². The van der Waals surface area contributed by atoms with Crippen LogP contribution in [0.15, 0.2) is 18.2 Å². The Kier molecular flexibility index (Phi) is 2.13. The summed E-state index contributed by atoms with van der Waals surface area (Å²) in [5, 5.41) is 12.7. The molecule has 1 aromatic rings. The number of aryl methyl sites for hydroxylation is 1. The Hall–Kier alpha value is -1.18. The lowest BCUT2D eigenvalue weighted by Crippen LogP contribution is -2.08. The molecule has 0 saturated heterocycles. The number of hydrogen-bond acceptors (Lipinski definition) is 2. The van der Waals surface area contributed by atoms with Crippen molar-refractivity contribution in [3.8, 4) is 5.75 Å². The molecule has 0 fully saturated rings. The maximum atomic E-state index is 9.31. The van der Waals surface area contributed by atoms with Crippen LogP contribution in [0.1, 0.15) is 18.9 Å². The third-order valence-electron chi connectivity index (χ3n) is 2.64. The van der Waals surface area contributed by atoms with Crippen LogP contribution in [-0.2, 0) is 6.42 Å². The van der Waals surface area contributed by atoms with Crippen molar-refractivity contribution < 1.29 is 5.11 Å². The molecular formula is C11H15NO. The van der Waals surface area contributed by atoms with E-state index in [4.69, 9.17) is 0 Å². The van der Waals surface area contributed by atoms with Crippen LogP contribution >= 0.6 is 0 Å². The van der Waals surface area contributed by atoms with Crippen LogP contribution in [0.5, 0.6) is 5.75 Å². The second-order valence-corrected chi connectivity index (χ2v) is 3.87. The number of rotatable bonds is 0. The van der Waals surface area contributed by atoms with Crippen molar-refractivity contribution in [3.63, 3.8) is 0 Å². The number of hydrogen-bond donors (Lipinski definition) is 2. The predicted octanol–water partition coefficient (Wildman–Crippen LogP) is 2.39. The van der Waals surface area contributed by atoms with E-state index in [1.165, 1.54) is 12.0 Å². The summed E-state index contributed by atoms with van der Waals surface area (Å²) >= 11 is 0. The predicted molar refractivity (Wildman–Crippen MR) is 54.1 cm³/mol. The first kappa shape index (κ1) is 8.42. The van der Waals surface area contributed by atoms with Crippen LogP contribution in [-0.4, -0.2) is 11.7 Å². The molecule has 0 saturated carbocycles. The number of fused-ring (bicyclic) bond motifs is 1. The maximum Gasteiger partial charge on any atom is 0.117 e. The normalized spacial score (nSPS) is 21.5. The van der Waals surface area contributed by atoms with Gasteiger partial charge in [0.15, 0.2) is 0 Å². The average Bonchev–Trinajstić information content (AvgIpc) is 2.29. The molecule has 2 heteroatoms. The molecule has 1 aliphatic rings. The van der Waals surface area contributed by atoms with E-state index >= 15 is 0 Å². The Morgan fingerprint density at radius 1 is 1.46 bits per heavy atom. The number of anilines is 1. The van der Waals surface area contributed by atoms with Gasteiger partial charge in [-0.05, 0) is 30.4 Å². The third kappa shape index (κ3) is 1.77. The van der Waals surface area contributed by atoms with E-state index in [0.717, 1.165) is 24.6 Å². The zero-order chi connectivity index (χ0) is 9.26. The third-order valence-corrected chi connectivity index (χ3v) is 2.64. The van der Waals surface area contributed by atoms with Gasteiger partial charge in [-0.2, -0.15) is 0 Å². The Morgan fingerprint density at radius 2 is 2.31 bits per heavy atom. The average molecular weight is 177 g/mol.